The van der Waals surface area contributed by atoms with Gasteiger partial charge in [-0.1, -0.05) is 18.2 Å². The maximum Gasteiger partial charge on any atom is 0.273 e. The lowest BCUT2D eigenvalue weighted by molar-refractivity contribution is -0.121. The predicted molar refractivity (Wildman–Crippen MR) is 85.8 cm³/mol. The molecular weight excluding hydrogens is 294 g/mol. The summed E-state index contributed by atoms with van der Waals surface area (Å²) in [6.07, 6.45) is 1.61. The summed E-state index contributed by atoms with van der Waals surface area (Å²) in [4.78, 5) is 27.3. The van der Waals surface area contributed by atoms with Crippen LogP contribution in [0, 0.1) is 13.8 Å². The second kappa shape index (κ2) is 6.00. The molecule has 0 spiro atoms. The van der Waals surface area contributed by atoms with Crippen LogP contribution in [0.25, 0.3) is 10.9 Å². The molecule has 3 aromatic rings. The Balaban J connectivity index is 1.66. The molecule has 0 unspecified atom stereocenters. The topological polar surface area (TPSA) is 87.1 Å². The van der Waals surface area contributed by atoms with Crippen LogP contribution < -0.4 is 10.9 Å². The number of hydrazine groups is 1. The Morgan fingerprint density at radius 3 is 2.65 bits per heavy atom. The highest BCUT2D eigenvalue weighted by molar-refractivity contribution is 5.97. The number of H-pyrrole nitrogens is 1. The average molecular weight is 311 g/mol. The molecule has 0 atom stereocenters. The Morgan fingerprint density at radius 2 is 1.91 bits per heavy atom. The van der Waals surface area contributed by atoms with Crippen LogP contribution >= 0.6 is 0 Å². The SMILES string of the molecule is Cc1[nH]c2ccccc2c1CC(=O)NNC(=O)c1ccoc1C. The number of hydrogen-bond acceptors (Lipinski definition) is 3. The van der Waals surface area contributed by atoms with Crippen molar-refractivity contribution in [2.45, 2.75) is 20.3 Å². The molecule has 2 amide bonds. The van der Waals surface area contributed by atoms with E-state index in [0.717, 1.165) is 22.2 Å². The van der Waals surface area contributed by atoms with Gasteiger partial charge in [-0.2, -0.15) is 0 Å². The largest absolute Gasteiger partial charge is 0.469 e. The molecule has 2 heterocycles. The van der Waals surface area contributed by atoms with Gasteiger partial charge in [0.1, 0.15) is 5.76 Å². The van der Waals surface area contributed by atoms with E-state index < -0.39 is 5.91 Å². The monoisotopic (exact) mass is 311 g/mol. The number of hydrogen-bond donors (Lipinski definition) is 3. The minimum absolute atomic E-state index is 0.181. The fraction of sp³-hybridized carbons (Fsp3) is 0.176. The molecule has 2 aromatic heterocycles. The third-order valence-corrected chi connectivity index (χ3v) is 3.78. The van der Waals surface area contributed by atoms with Crippen molar-refractivity contribution in [2.75, 3.05) is 0 Å². The van der Waals surface area contributed by atoms with Crippen molar-refractivity contribution in [3.05, 3.63) is 59.2 Å². The Kier molecular flexibility index (Phi) is 3.89. The number of fused-ring (bicyclic) bond motifs is 1. The van der Waals surface area contributed by atoms with Crippen LogP contribution in [0.4, 0.5) is 0 Å². The van der Waals surface area contributed by atoms with E-state index in [1.165, 1.54) is 6.26 Å². The van der Waals surface area contributed by atoms with Crippen molar-refractivity contribution in [3.63, 3.8) is 0 Å². The summed E-state index contributed by atoms with van der Waals surface area (Å²) in [5, 5.41) is 1.01. The Hall–Kier alpha value is -3.02. The molecule has 0 saturated carbocycles. The van der Waals surface area contributed by atoms with Crippen LogP contribution in [-0.2, 0) is 11.2 Å². The minimum atomic E-state index is -0.403. The Bertz CT molecular complexity index is 876. The molecule has 6 heteroatoms. The Labute approximate surface area is 132 Å². The van der Waals surface area contributed by atoms with Crippen LogP contribution in [0.5, 0.6) is 0 Å². The second-order valence-corrected chi connectivity index (χ2v) is 5.34. The van der Waals surface area contributed by atoms with Crippen molar-refractivity contribution < 1.29 is 14.0 Å². The number of amides is 2. The van der Waals surface area contributed by atoms with E-state index in [2.05, 4.69) is 15.8 Å². The highest BCUT2D eigenvalue weighted by atomic mass is 16.3. The number of aromatic amines is 1. The summed E-state index contributed by atoms with van der Waals surface area (Å²) in [6.45, 7) is 3.61. The predicted octanol–water partition coefficient (Wildman–Crippen LogP) is 2.38. The number of benzene rings is 1. The average Bonchev–Trinajstić information content (AvgIpc) is 3.09. The summed E-state index contributed by atoms with van der Waals surface area (Å²) >= 11 is 0. The Morgan fingerprint density at radius 1 is 1.13 bits per heavy atom. The fourth-order valence-corrected chi connectivity index (χ4v) is 2.58. The first-order chi connectivity index (χ1) is 11.1. The van der Waals surface area contributed by atoms with Crippen LogP contribution in [0.2, 0.25) is 0 Å². The summed E-state index contributed by atoms with van der Waals surface area (Å²) in [5.41, 5.74) is 8.09. The van der Waals surface area contributed by atoms with E-state index in [9.17, 15) is 9.59 Å². The normalized spacial score (nSPS) is 10.7. The molecule has 6 nitrogen and oxygen atoms in total. The summed E-state index contributed by atoms with van der Waals surface area (Å²) in [6, 6.07) is 9.36. The van der Waals surface area contributed by atoms with Crippen LogP contribution in [-0.4, -0.2) is 16.8 Å². The zero-order valence-electron chi connectivity index (χ0n) is 12.9. The van der Waals surface area contributed by atoms with Gasteiger partial charge in [-0.3, -0.25) is 20.4 Å². The zero-order valence-corrected chi connectivity index (χ0v) is 12.9. The minimum Gasteiger partial charge on any atom is -0.469 e. The molecule has 3 rings (SSSR count). The molecule has 0 aliphatic rings. The first-order valence-corrected chi connectivity index (χ1v) is 7.25. The van der Waals surface area contributed by atoms with Crippen LogP contribution in [0.3, 0.4) is 0 Å². The van der Waals surface area contributed by atoms with E-state index in [-0.39, 0.29) is 12.3 Å². The number of para-hydroxylation sites is 1. The third-order valence-electron chi connectivity index (χ3n) is 3.78. The quantitative estimate of drug-likeness (QED) is 0.649. The first-order valence-electron chi connectivity index (χ1n) is 7.25. The maximum atomic E-state index is 12.1. The van der Waals surface area contributed by atoms with E-state index in [1.807, 2.05) is 31.2 Å². The molecule has 0 saturated heterocycles. The third kappa shape index (κ3) is 2.96. The van der Waals surface area contributed by atoms with Gasteiger partial charge in [-0.25, -0.2) is 0 Å². The zero-order chi connectivity index (χ0) is 16.4. The molecule has 0 radical (unpaired) electrons. The summed E-state index contributed by atoms with van der Waals surface area (Å²) in [5.74, 6) is -0.183. The highest BCUT2D eigenvalue weighted by Gasteiger charge is 2.15. The van der Waals surface area contributed by atoms with Crippen LogP contribution in [0.1, 0.15) is 27.4 Å². The number of aryl methyl sites for hydroxylation is 2. The van der Waals surface area contributed by atoms with E-state index in [0.29, 0.717) is 11.3 Å². The van der Waals surface area contributed by atoms with Crippen molar-refractivity contribution in [3.8, 4) is 0 Å². The second-order valence-electron chi connectivity index (χ2n) is 5.34. The smallest absolute Gasteiger partial charge is 0.273 e. The molecule has 0 aliphatic heterocycles. The number of rotatable bonds is 3. The van der Waals surface area contributed by atoms with Gasteiger partial charge in [0.25, 0.3) is 5.91 Å². The van der Waals surface area contributed by atoms with Gasteiger partial charge in [0.05, 0.1) is 18.2 Å². The van der Waals surface area contributed by atoms with Crippen molar-refractivity contribution in [2.24, 2.45) is 0 Å². The molecule has 118 valence electrons. The molecule has 1 aromatic carbocycles. The molecule has 3 N–H and O–H groups in total. The first kappa shape index (κ1) is 14.9. The molecule has 0 aliphatic carbocycles. The highest BCUT2D eigenvalue weighted by Crippen LogP contribution is 2.22. The summed E-state index contributed by atoms with van der Waals surface area (Å²) < 4.78 is 5.06. The standard InChI is InChI=1S/C17H17N3O3/c1-10-14(13-5-3-4-6-15(13)18-10)9-16(21)19-20-17(22)12-7-8-23-11(12)2/h3-8,18H,9H2,1-2H3,(H,19,21)(H,20,22). The molecule has 23 heavy (non-hydrogen) atoms. The molecule has 0 fully saturated rings. The van der Waals surface area contributed by atoms with Gasteiger partial charge in [0, 0.05) is 16.6 Å². The number of aromatic nitrogens is 1. The lowest BCUT2D eigenvalue weighted by Gasteiger charge is -2.07. The number of carbonyl (C=O) groups is 2. The van der Waals surface area contributed by atoms with Crippen molar-refractivity contribution in [1.29, 1.82) is 0 Å². The van der Waals surface area contributed by atoms with E-state index in [1.54, 1.807) is 13.0 Å². The van der Waals surface area contributed by atoms with Crippen LogP contribution in [0.15, 0.2) is 41.0 Å². The van der Waals surface area contributed by atoms with Gasteiger partial charge in [-0.15, -0.1) is 0 Å². The summed E-state index contributed by atoms with van der Waals surface area (Å²) in [7, 11) is 0. The van der Waals surface area contributed by atoms with E-state index in [4.69, 9.17) is 4.42 Å². The van der Waals surface area contributed by atoms with Gasteiger partial charge >= 0.3 is 0 Å². The van der Waals surface area contributed by atoms with Gasteiger partial charge in [-0.05, 0) is 31.5 Å². The fourth-order valence-electron chi connectivity index (χ4n) is 2.58. The van der Waals surface area contributed by atoms with E-state index >= 15 is 0 Å². The number of nitrogens with one attached hydrogen (secondary N) is 3. The lowest BCUT2D eigenvalue weighted by Crippen LogP contribution is -2.42. The van der Waals surface area contributed by atoms with Crippen molar-refractivity contribution in [1.82, 2.24) is 15.8 Å². The van der Waals surface area contributed by atoms with Gasteiger partial charge < -0.3 is 9.40 Å². The van der Waals surface area contributed by atoms with Gasteiger partial charge in [0.2, 0.25) is 5.91 Å². The van der Waals surface area contributed by atoms with Crippen molar-refractivity contribution >= 4 is 22.7 Å². The number of furan rings is 1. The number of carbonyl (C=O) groups excluding carboxylic acids is 2. The molecular formula is C17H17N3O3. The molecule has 0 bridgehead atoms. The lowest BCUT2D eigenvalue weighted by atomic mass is 10.1. The maximum absolute atomic E-state index is 12.1. The van der Waals surface area contributed by atoms with Gasteiger partial charge in [0.15, 0.2) is 0 Å².